The number of anilines is 1. The Labute approximate surface area is 130 Å². The predicted molar refractivity (Wildman–Crippen MR) is 82.8 cm³/mol. The van der Waals surface area contributed by atoms with Gasteiger partial charge in [0.1, 0.15) is 11.5 Å². The van der Waals surface area contributed by atoms with Crippen molar-refractivity contribution in [3.05, 3.63) is 18.1 Å². The van der Waals surface area contributed by atoms with E-state index in [0.717, 1.165) is 38.2 Å². The van der Waals surface area contributed by atoms with Gasteiger partial charge >= 0.3 is 0 Å². The van der Waals surface area contributed by atoms with Gasteiger partial charge in [-0.15, -0.1) is 0 Å². The summed E-state index contributed by atoms with van der Waals surface area (Å²) in [6, 6.07) is 0.260. The van der Waals surface area contributed by atoms with Gasteiger partial charge in [-0.2, -0.15) is 0 Å². The van der Waals surface area contributed by atoms with Crippen molar-refractivity contribution in [1.29, 1.82) is 0 Å². The number of carbonyl (C=O) groups is 1. The Morgan fingerprint density at radius 2 is 2.00 bits per heavy atom. The number of ether oxygens (including phenoxy) is 1. The number of nitrogens with two attached hydrogens (primary N) is 1. The molecule has 7 nitrogen and oxygen atoms in total. The van der Waals surface area contributed by atoms with Gasteiger partial charge in [0.05, 0.1) is 25.6 Å². The summed E-state index contributed by atoms with van der Waals surface area (Å²) in [5.41, 5.74) is 6.43. The molecule has 0 unspecified atom stereocenters. The monoisotopic (exact) mass is 305 g/mol. The van der Waals surface area contributed by atoms with Crippen LogP contribution >= 0.6 is 0 Å². The standard InChI is InChI=1S/C15H23N5O2/c16-12-2-1-4-19(5-3-12)14-11-17-10-13(18-14)15(21)20-6-8-22-9-7-20/h10-12H,1-9,16H2/t12-/m0/s1. The van der Waals surface area contributed by atoms with Crippen molar-refractivity contribution in [3.63, 3.8) is 0 Å². The van der Waals surface area contributed by atoms with Crippen molar-refractivity contribution < 1.29 is 9.53 Å². The molecule has 0 aliphatic carbocycles. The van der Waals surface area contributed by atoms with E-state index >= 15 is 0 Å². The molecule has 1 atom stereocenters. The Balaban J connectivity index is 1.72. The Bertz CT molecular complexity index is 518. The van der Waals surface area contributed by atoms with Crippen molar-refractivity contribution in [2.24, 2.45) is 5.73 Å². The smallest absolute Gasteiger partial charge is 0.274 e. The first-order valence-corrected chi connectivity index (χ1v) is 7.93. The van der Waals surface area contributed by atoms with Crippen molar-refractivity contribution in [3.8, 4) is 0 Å². The second-order valence-corrected chi connectivity index (χ2v) is 5.85. The summed E-state index contributed by atoms with van der Waals surface area (Å²) >= 11 is 0. The molecule has 2 N–H and O–H groups in total. The number of aromatic nitrogens is 2. The predicted octanol–water partition coefficient (Wildman–Crippen LogP) is 0.267. The van der Waals surface area contributed by atoms with E-state index < -0.39 is 0 Å². The quantitative estimate of drug-likeness (QED) is 0.844. The lowest BCUT2D eigenvalue weighted by atomic mass is 10.1. The highest BCUT2D eigenvalue weighted by molar-refractivity contribution is 5.92. The van der Waals surface area contributed by atoms with E-state index in [1.165, 1.54) is 0 Å². The first-order valence-electron chi connectivity index (χ1n) is 7.93. The lowest BCUT2D eigenvalue weighted by molar-refractivity contribution is 0.0299. The minimum absolute atomic E-state index is 0.0656. The first kappa shape index (κ1) is 15.2. The molecule has 3 heterocycles. The molecule has 3 rings (SSSR count). The lowest BCUT2D eigenvalue weighted by Crippen LogP contribution is -2.41. The molecule has 2 aliphatic heterocycles. The van der Waals surface area contributed by atoms with E-state index in [2.05, 4.69) is 14.9 Å². The average Bonchev–Trinajstić information content (AvgIpc) is 2.80. The Morgan fingerprint density at radius 3 is 2.82 bits per heavy atom. The van der Waals surface area contributed by atoms with E-state index in [-0.39, 0.29) is 11.9 Å². The maximum absolute atomic E-state index is 12.5. The van der Waals surface area contributed by atoms with Gasteiger partial charge in [0.2, 0.25) is 0 Å². The van der Waals surface area contributed by atoms with Gasteiger partial charge in [0, 0.05) is 32.2 Å². The van der Waals surface area contributed by atoms with E-state index in [4.69, 9.17) is 10.5 Å². The summed E-state index contributed by atoms with van der Waals surface area (Å²) in [5.74, 6) is 0.706. The molecule has 0 radical (unpaired) electrons. The van der Waals surface area contributed by atoms with E-state index in [0.29, 0.717) is 32.0 Å². The third-order valence-corrected chi connectivity index (χ3v) is 4.24. The van der Waals surface area contributed by atoms with Crippen LogP contribution in [-0.2, 0) is 4.74 Å². The highest BCUT2D eigenvalue weighted by Crippen LogP contribution is 2.17. The second kappa shape index (κ2) is 7.02. The third kappa shape index (κ3) is 3.53. The van der Waals surface area contributed by atoms with Crippen LogP contribution < -0.4 is 10.6 Å². The zero-order valence-electron chi connectivity index (χ0n) is 12.8. The molecular formula is C15H23N5O2. The molecule has 1 amide bonds. The van der Waals surface area contributed by atoms with Crippen molar-refractivity contribution in [2.75, 3.05) is 44.3 Å². The van der Waals surface area contributed by atoms with Crippen molar-refractivity contribution in [1.82, 2.24) is 14.9 Å². The highest BCUT2D eigenvalue weighted by Gasteiger charge is 2.22. The Morgan fingerprint density at radius 1 is 1.18 bits per heavy atom. The first-order chi connectivity index (χ1) is 10.7. The molecule has 0 saturated carbocycles. The molecule has 2 aliphatic rings. The normalized spacial score (nSPS) is 23.2. The van der Waals surface area contributed by atoms with Gasteiger partial charge in [-0.3, -0.25) is 9.78 Å². The van der Waals surface area contributed by atoms with Gasteiger partial charge in [0.25, 0.3) is 5.91 Å². The third-order valence-electron chi connectivity index (χ3n) is 4.24. The van der Waals surface area contributed by atoms with E-state index in [1.807, 2.05) is 0 Å². The van der Waals surface area contributed by atoms with Crippen LogP contribution in [0, 0.1) is 0 Å². The van der Waals surface area contributed by atoms with Crippen LogP contribution in [0.2, 0.25) is 0 Å². The van der Waals surface area contributed by atoms with Crippen LogP contribution in [0.5, 0.6) is 0 Å². The Kier molecular flexibility index (Phi) is 4.84. The number of hydrogen-bond acceptors (Lipinski definition) is 6. The van der Waals surface area contributed by atoms with Gasteiger partial charge in [-0.05, 0) is 19.3 Å². The Hall–Kier alpha value is -1.73. The zero-order chi connectivity index (χ0) is 15.4. The molecule has 2 fully saturated rings. The van der Waals surface area contributed by atoms with Gasteiger partial charge < -0.3 is 20.3 Å². The number of morpholine rings is 1. The zero-order valence-corrected chi connectivity index (χ0v) is 12.8. The number of hydrogen-bond donors (Lipinski definition) is 1. The number of amides is 1. The molecule has 22 heavy (non-hydrogen) atoms. The minimum Gasteiger partial charge on any atom is -0.378 e. The molecule has 0 aromatic carbocycles. The minimum atomic E-state index is -0.0656. The van der Waals surface area contributed by atoms with Crippen LogP contribution in [0.15, 0.2) is 12.4 Å². The van der Waals surface area contributed by atoms with Crippen molar-refractivity contribution >= 4 is 11.7 Å². The molecule has 0 bridgehead atoms. The average molecular weight is 305 g/mol. The van der Waals surface area contributed by atoms with Crippen LogP contribution in [0.4, 0.5) is 5.82 Å². The topological polar surface area (TPSA) is 84.6 Å². The summed E-state index contributed by atoms with van der Waals surface area (Å²) in [6.07, 6.45) is 6.31. The fourth-order valence-corrected chi connectivity index (χ4v) is 2.89. The largest absolute Gasteiger partial charge is 0.378 e. The molecule has 1 aromatic rings. The van der Waals surface area contributed by atoms with Crippen LogP contribution in [0.3, 0.4) is 0 Å². The van der Waals surface area contributed by atoms with E-state index in [1.54, 1.807) is 17.3 Å². The number of nitrogens with zero attached hydrogens (tertiary/aromatic N) is 4. The number of rotatable bonds is 2. The maximum Gasteiger partial charge on any atom is 0.274 e. The summed E-state index contributed by atoms with van der Waals surface area (Å²) in [5, 5.41) is 0. The van der Waals surface area contributed by atoms with Gasteiger partial charge in [-0.1, -0.05) is 0 Å². The van der Waals surface area contributed by atoms with E-state index in [9.17, 15) is 4.79 Å². The molecule has 1 aromatic heterocycles. The van der Waals surface area contributed by atoms with Crippen LogP contribution in [-0.4, -0.2) is 66.2 Å². The van der Waals surface area contributed by atoms with Crippen LogP contribution in [0.1, 0.15) is 29.8 Å². The van der Waals surface area contributed by atoms with Crippen molar-refractivity contribution in [2.45, 2.75) is 25.3 Å². The lowest BCUT2D eigenvalue weighted by Gasteiger charge is -2.27. The SMILES string of the molecule is N[C@H]1CCCN(c2cncc(C(=O)N3CCOCC3)n2)CC1. The fraction of sp³-hybridized carbons (Fsp3) is 0.667. The molecule has 120 valence electrons. The van der Waals surface area contributed by atoms with Gasteiger partial charge in [0.15, 0.2) is 0 Å². The van der Waals surface area contributed by atoms with Gasteiger partial charge in [-0.25, -0.2) is 4.98 Å². The molecule has 7 heteroatoms. The molecule has 2 saturated heterocycles. The summed E-state index contributed by atoms with van der Waals surface area (Å²) < 4.78 is 5.28. The fourth-order valence-electron chi connectivity index (χ4n) is 2.89. The molecule has 0 spiro atoms. The summed E-state index contributed by atoms with van der Waals surface area (Å²) in [7, 11) is 0. The number of carbonyl (C=O) groups excluding carboxylic acids is 1. The summed E-state index contributed by atoms with van der Waals surface area (Å²) in [4.78, 5) is 25.2. The highest BCUT2D eigenvalue weighted by atomic mass is 16.5. The summed E-state index contributed by atoms with van der Waals surface area (Å²) in [6.45, 7) is 4.18. The molecular weight excluding hydrogens is 282 g/mol. The van der Waals surface area contributed by atoms with Crippen LogP contribution in [0.25, 0.3) is 0 Å². The second-order valence-electron chi connectivity index (χ2n) is 5.85. The maximum atomic E-state index is 12.5.